The summed E-state index contributed by atoms with van der Waals surface area (Å²) in [4.78, 5) is 16.6. The van der Waals surface area contributed by atoms with Gasteiger partial charge in [-0.05, 0) is 44.1 Å². The van der Waals surface area contributed by atoms with Crippen molar-refractivity contribution in [1.29, 1.82) is 0 Å². The van der Waals surface area contributed by atoms with Gasteiger partial charge in [0.05, 0.1) is 17.1 Å². The standard InChI is InChI=1S/C12H14ClN3O/c1-7-5-4-6-9-10(7)15-12(13)16(11(9)17)8(2)14-3/h4-6,8,14H,1-3H3. The van der Waals surface area contributed by atoms with Crippen molar-refractivity contribution in [2.75, 3.05) is 7.05 Å². The summed E-state index contributed by atoms with van der Waals surface area (Å²) in [7, 11) is 1.77. The Morgan fingerprint density at radius 3 is 2.82 bits per heavy atom. The Balaban J connectivity index is 2.86. The first-order chi connectivity index (χ1) is 8.06. The maximum Gasteiger partial charge on any atom is 0.263 e. The summed E-state index contributed by atoms with van der Waals surface area (Å²) in [6.45, 7) is 3.77. The fraction of sp³-hybridized carbons (Fsp3) is 0.333. The summed E-state index contributed by atoms with van der Waals surface area (Å²) in [5, 5.41) is 3.78. The smallest absolute Gasteiger partial charge is 0.263 e. The van der Waals surface area contributed by atoms with Crippen LogP contribution in [0.1, 0.15) is 18.7 Å². The second-order valence-corrected chi connectivity index (χ2v) is 4.33. The number of hydrogen-bond donors (Lipinski definition) is 1. The van der Waals surface area contributed by atoms with Crippen LogP contribution in [0.4, 0.5) is 0 Å². The molecule has 0 aliphatic carbocycles. The molecule has 1 heterocycles. The van der Waals surface area contributed by atoms with Crippen LogP contribution in [0.2, 0.25) is 5.28 Å². The number of benzene rings is 1. The Hall–Kier alpha value is -1.39. The maximum atomic E-state index is 12.3. The lowest BCUT2D eigenvalue weighted by molar-refractivity contribution is 0.461. The summed E-state index contributed by atoms with van der Waals surface area (Å²) in [6, 6.07) is 5.53. The normalized spacial score (nSPS) is 12.9. The molecule has 2 rings (SSSR count). The monoisotopic (exact) mass is 251 g/mol. The molecular weight excluding hydrogens is 238 g/mol. The maximum absolute atomic E-state index is 12.3. The molecule has 90 valence electrons. The Labute approximate surface area is 104 Å². The van der Waals surface area contributed by atoms with Crippen LogP contribution in [0.5, 0.6) is 0 Å². The van der Waals surface area contributed by atoms with E-state index >= 15 is 0 Å². The molecule has 0 saturated heterocycles. The first kappa shape index (κ1) is 12.1. The van der Waals surface area contributed by atoms with Crippen molar-refractivity contribution in [3.8, 4) is 0 Å². The Kier molecular flexibility index (Phi) is 3.17. The molecule has 1 unspecified atom stereocenters. The highest BCUT2D eigenvalue weighted by Gasteiger charge is 2.13. The van der Waals surface area contributed by atoms with Gasteiger partial charge in [-0.25, -0.2) is 4.98 Å². The van der Waals surface area contributed by atoms with Gasteiger partial charge in [0.1, 0.15) is 0 Å². The van der Waals surface area contributed by atoms with Gasteiger partial charge < -0.3 is 5.32 Å². The van der Waals surface area contributed by atoms with Gasteiger partial charge in [-0.15, -0.1) is 0 Å². The number of aromatic nitrogens is 2. The van der Waals surface area contributed by atoms with Crippen LogP contribution < -0.4 is 10.9 Å². The van der Waals surface area contributed by atoms with E-state index in [1.54, 1.807) is 13.1 Å². The van der Waals surface area contributed by atoms with Gasteiger partial charge in [-0.1, -0.05) is 12.1 Å². The molecule has 0 bridgehead atoms. The van der Waals surface area contributed by atoms with E-state index in [2.05, 4.69) is 10.3 Å². The minimum Gasteiger partial charge on any atom is -0.300 e. The number of halogens is 1. The highest BCUT2D eigenvalue weighted by molar-refractivity contribution is 6.28. The van der Waals surface area contributed by atoms with Gasteiger partial charge in [0.15, 0.2) is 0 Å². The van der Waals surface area contributed by atoms with Gasteiger partial charge in [0.25, 0.3) is 5.56 Å². The van der Waals surface area contributed by atoms with Crippen LogP contribution in [-0.2, 0) is 0 Å². The number of rotatable bonds is 2. The molecule has 1 aromatic carbocycles. The van der Waals surface area contributed by atoms with Crippen LogP contribution in [-0.4, -0.2) is 16.6 Å². The Morgan fingerprint density at radius 2 is 2.18 bits per heavy atom. The second kappa shape index (κ2) is 4.47. The number of fused-ring (bicyclic) bond motifs is 1. The van der Waals surface area contributed by atoms with Crippen molar-refractivity contribution >= 4 is 22.5 Å². The zero-order valence-corrected chi connectivity index (χ0v) is 10.7. The van der Waals surface area contributed by atoms with Gasteiger partial charge >= 0.3 is 0 Å². The van der Waals surface area contributed by atoms with Crippen molar-refractivity contribution in [2.45, 2.75) is 20.0 Å². The van der Waals surface area contributed by atoms with Crippen molar-refractivity contribution in [3.05, 3.63) is 39.4 Å². The molecule has 0 aliphatic rings. The molecule has 1 atom stereocenters. The van der Waals surface area contributed by atoms with Crippen molar-refractivity contribution in [2.24, 2.45) is 0 Å². The largest absolute Gasteiger partial charge is 0.300 e. The minimum atomic E-state index is -0.188. The first-order valence-corrected chi connectivity index (χ1v) is 5.78. The van der Waals surface area contributed by atoms with E-state index in [-0.39, 0.29) is 17.0 Å². The summed E-state index contributed by atoms with van der Waals surface area (Å²) < 4.78 is 1.45. The molecule has 0 radical (unpaired) electrons. The Morgan fingerprint density at radius 1 is 1.47 bits per heavy atom. The van der Waals surface area contributed by atoms with Gasteiger partial charge in [-0.2, -0.15) is 0 Å². The molecular formula is C12H14ClN3O. The third-order valence-corrected chi connectivity index (χ3v) is 3.16. The van der Waals surface area contributed by atoms with E-state index in [1.165, 1.54) is 4.57 Å². The highest BCUT2D eigenvalue weighted by Crippen LogP contribution is 2.17. The van der Waals surface area contributed by atoms with Crippen LogP contribution in [0, 0.1) is 6.92 Å². The molecule has 0 aliphatic heterocycles. The summed E-state index contributed by atoms with van der Waals surface area (Å²) in [5.74, 6) is 0. The molecule has 17 heavy (non-hydrogen) atoms. The Bertz CT molecular complexity index is 621. The molecule has 4 nitrogen and oxygen atoms in total. The molecule has 0 saturated carbocycles. The lowest BCUT2D eigenvalue weighted by atomic mass is 10.1. The molecule has 1 N–H and O–H groups in total. The lowest BCUT2D eigenvalue weighted by Gasteiger charge is -2.16. The van der Waals surface area contributed by atoms with E-state index in [4.69, 9.17) is 11.6 Å². The predicted octanol–water partition coefficient (Wildman–Crippen LogP) is 2.10. The van der Waals surface area contributed by atoms with Crippen LogP contribution in [0.15, 0.2) is 23.0 Å². The molecule has 0 fully saturated rings. The zero-order chi connectivity index (χ0) is 12.6. The quantitative estimate of drug-likeness (QED) is 0.832. The third kappa shape index (κ3) is 1.94. The third-order valence-electron chi connectivity index (χ3n) is 2.89. The topological polar surface area (TPSA) is 46.9 Å². The molecule has 0 spiro atoms. The number of aryl methyl sites for hydroxylation is 1. The molecule has 2 aromatic rings. The van der Waals surface area contributed by atoms with Gasteiger partial charge in [0.2, 0.25) is 5.28 Å². The average molecular weight is 252 g/mol. The van der Waals surface area contributed by atoms with E-state index in [0.717, 1.165) is 5.56 Å². The fourth-order valence-corrected chi connectivity index (χ4v) is 2.11. The number of hydrogen-bond acceptors (Lipinski definition) is 3. The van der Waals surface area contributed by atoms with Crippen LogP contribution in [0.25, 0.3) is 10.9 Å². The zero-order valence-electron chi connectivity index (χ0n) is 9.99. The van der Waals surface area contributed by atoms with E-state index in [1.807, 2.05) is 26.0 Å². The van der Waals surface area contributed by atoms with E-state index in [9.17, 15) is 4.79 Å². The van der Waals surface area contributed by atoms with Gasteiger partial charge in [-0.3, -0.25) is 9.36 Å². The molecule has 5 heteroatoms. The first-order valence-electron chi connectivity index (χ1n) is 5.41. The van der Waals surface area contributed by atoms with Gasteiger partial charge in [0, 0.05) is 0 Å². The predicted molar refractivity (Wildman–Crippen MR) is 69.5 cm³/mol. The summed E-state index contributed by atoms with van der Waals surface area (Å²) in [6.07, 6.45) is -0.188. The molecule has 1 aromatic heterocycles. The highest BCUT2D eigenvalue weighted by atomic mass is 35.5. The van der Waals surface area contributed by atoms with E-state index in [0.29, 0.717) is 10.9 Å². The summed E-state index contributed by atoms with van der Waals surface area (Å²) >= 11 is 6.07. The number of para-hydroxylation sites is 1. The minimum absolute atomic E-state index is 0.120. The molecule has 0 amide bonds. The van der Waals surface area contributed by atoms with Crippen LogP contribution >= 0.6 is 11.6 Å². The second-order valence-electron chi connectivity index (χ2n) is 3.99. The van der Waals surface area contributed by atoms with Crippen molar-refractivity contribution in [1.82, 2.24) is 14.9 Å². The fourth-order valence-electron chi connectivity index (χ4n) is 1.80. The summed E-state index contributed by atoms with van der Waals surface area (Å²) in [5.41, 5.74) is 1.50. The SMILES string of the molecule is CNC(C)n1c(Cl)nc2c(C)cccc2c1=O. The number of nitrogens with zero attached hydrogens (tertiary/aromatic N) is 2. The van der Waals surface area contributed by atoms with E-state index < -0.39 is 0 Å². The van der Waals surface area contributed by atoms with Crippen LogP contribution in [0.3, 0.4) is 0 Å². The number of nitrogens with one attached hydrogen (secondary N) is 1. The average Bonchev–Trinajstić information content (AvgIpc) is 2.30. The van der Waals surface area contributed by atoms with Crippen molar-refractivity contribution < 1.29 is 0 Å². The lowest BCUT2D eigenvalue weighted by Crippen LogP contribution is -2.31. The van der Waals surface area contributed by atoms with Crippen molar-refractivity contribution in [3.63, 3.8) is 0 Å².